The summed E-state index contributed by atoms with van der Waals surface area (Å²) in [5.74, 6) is 0.744. The highest BCUT2D eigenvalue weighted by atomic mass is 16.3. The number of aryl methyl sites for hydroxylation is 1. The van der Waals surface area contributed by atoms with Gasteiger partial charge in [0.2, 0.25) is 5.91 Å². The van der Waals surface area contributed by atoms with Gasteiger partial charge in [-0.25, -0.2) is 4.98 Å². The maximum Gasteiger partial charge on any atom is 0.240 e. The molecule has 5 rings (SSSR count). The number of H-pyrrole nitrogens is 2. The molecule has 4 N–H and O–H groups in total. The molecular weight excluding hydrogens is 426 g/mol. The van der Waals surface area contributed by atoms with Gasteiger partial charge in [-0.3, -0.25) is 10.1 Å². The van der Waals surface area contributed by atoms with E-state index >= 15 is 0 Å². The molecule has 0 saturated carbocycles. The SMILES string of the molecule is Cc1[nH]cnc1CCNC(=O)C(C)(Cc1c[nH]c2ccccc12)NCc1cc2ccccc2o1. The molecule has 3 aromatic heterocycles. The zero-order valence-electron chi connectivity index (χ0n) is 19.4. The second-order valence-electron chi connectivity index (χ2n) is 8.95. The van der Waals surface area contributed by atoms with Crippen LogP contribution in [0.2, 0.25) is 0 Å². The molecule has 0 saturated heterocycles. The van der Waals surface area contributed by atoms with Crippen LogP contribution in [0, 0.1) is 6.92 Å². The summed E-state index contributed by atoms with van der Waals surface area (Å²) < 4.78 is 5.98. The van der Waals surface area contributed by atoms with Crippen LogP contribution in [0.5, 0.6) is 0 Å². The van der Waals surface area contributed by atoms with E-state index in [-0.39, 0.29) is 5.91 Å². The Bertz CT molecular complexity index is 1400. The number of fused-ring (bicyclic) bond motifs is 2. The van der Waals surface area contributed by atoms with Crippen molar-refractivity contribution in [3.8, 4) is 0 Å². The van der Waals surface area contributed by atoms with E-state index in [1.807, 2.05) is 68.6 Å². The number of hydrogen-bond donors (Lipinski definition) is 4. The van der Waals surface area contributed by atoms with Crippen molar-refractivity contribution in [2.45, 2.75) is 38.8 Å². The van der Waals surface area contributed by atoms with E-state index in [0.717, 1.165) is 44.6 Å². The molecule has 7 heteroatoms. The number of benzene rings is 2. The van der Waals surface area contributed by atoms with Gasteiger partial charge in [0.25, 0.3) is 0 Å². The summed E-state index contributed by atoms with van der Waals surface area (Å²) in [7, 11) is 0. The molecule has 5 aromatic rings. The second-order valence-corrected chi connectivity index (χ2v) is 8.95. The maximum absolute atomic E-state index is 13.5. The summed E-state index contributed by atoms with van der Waals surface area (Å²) >= 11 is 0. The molecule has 34 heavy (non-hydrogen) atoms. The molecule has 0 fully saturated rings. The fraction of sp³-hybridized carbons (Fsp3) is 0.259. The Morgan fingerprint density at radius 3 is 2.76 bits per heavy atom. The highest BCUT2D eigenvalue weighted by Crippen LogP contribution is 2.24. The first-order valence-corrected chi connectivity index (χ1v) is 11.6. The van der Waals surface area contributed by atoms with Crippen molar-refractivity contribution in [1.29, 1.82) is 0 Å². The average molecular weight is 456 g/mol. The summed E-state index contributed by atoms with van der Waals surface area (Å²) in [6.07, 6.45) is 4.88. The van der Waals surface area contributed by atoms with Gasteiger partial charge in [0, 0.05) is 47.6 Å². The van der Waals surface area contributed by atoms with Crippen LogP contribution in [0.15, 0.2) is 71.5 Å². The molecule has 1 amide bonds. The summed E-state index contributed by atoms with van der Waals surface area (Å²) in [5.41, 5.74) is 4.15. The Hall–Kier alpha value is -3.84. The third kappa shape index (κ3) is 4.47. The van der Waals surface area contributed by atoms with Crippen LogP contribution in [-0.4, -0.2) is 32.9 Å². The summed E-state index contributed by atoms with van der Waals surface area (Å²) in [6.45, 7) is 4.90. The molecule has 0 aliphatic carbocycles. The normalized spacial score (nSPS) is 13.4. The Kier molecular flexibility index (Phi) is 5.94. The van der Waals surface area contributed by atoms with Crippen LogP contribution in [0.25, 0.3) is 21.9 Å². The largest absolute Gasteiger partial charge is 0.460 e. The topological polar surface area (TPSA) is 98.7 Å². The molecule has 1 unspecified atom stereocenters. The number of nitrogens with one attached hydrogen (secondary N) is 4. The number of nitrogens with zero attached hydrogens (tertiary/aromatic N) is 1. The first kappa shape index (κ1) is 22.0. The number of amides is 1. The highest BCUT2D eigenvalue weighted by molar-refractivity contribution is 5.89. The van der Waals surface area contributed by atoms with E-state index in [1.165, 1.54) is 0 Å². The van der Waals surface area contributed by atoms with Crippen LogP contribution in [0.3, 0.4) is 0 Å². The van der Waals surface area contributed by atoms with E-state index < -0.39 is 5.54 Å². The van der Waals surface area contributed by atoms with E-state index in [1.54, 1.807) is 6.33 Å². The quantitative estimate of drug-likeness (QED) is 0.265. The third-order valence-electron chi connectivity index (χ3n) is 6.43. The van der Waals surface area contributed by atoms with Crippen molar-refractivity contribution in [3.63, 3.8) is 0 Å². The van der Waals surface area contributed by atoms with Crippen molar-refractivity contribution in [1.82, 2.24) is 25.6 Å². The molecule has 0 aliphatic heterocycles. The zero-order chi connectivity index (χ0) is 23.5. The van der Waals surface area contributed by atoms with Crippen LogP contribution in [0.1, 0.15) is 29.6 Å². The van der Waals surface area contributed by atoms with Gasteiger partial charge in [0.05, 0.1) is 24.1 Å². The Morgan fingerprint density at radius 2 is 1.94 bits per heavy atom. The lowest BCUT2D eigenvalue weighted by Crippen LogP contribution is -2.56. The number of carbonyl (C=O) groups is 1. The summed E-state index contributed by atoms with van der Waals surface area (Å²) in [6, 6.07) is 18.1. The lowest BCUT2D eigenvalue weighted by atomic mass is 9.91. The van der Waals surface area contributed by atoms with Crippen LogP contribution < -0.4 is 10.6 Å². The molecule has 2 aromatic carbocycles. The first-order chi connectivity index (χ1) is 16.5. The number of carbonyl (C=O) groups excluding carboxylic acids is 1. The minimum Gasteiger partial charge on any atom is -0.460 e. The molecule has 0 radical (unpaired) electrons. The van der Waals surface area contributed by atoms with E-state index in [9.17, 15) is 4.79 Å². The minimum absolute atomic E-state index is 0.0536. The molecule has 0 spiro atoms. The Balaban J connectivity index is 1.35. The van der Waals surface area contributed by atoms with Gasteiger partial charge in [0.15, 0.2) is 0 Å². The molecule has 1 atom stereocenters. The average Bonchev–Trinajstić information content (AvgIpc) is 3.56. The molecule has 0 bridgehead atoms. The monoisotopic (exact) mass is 455 g/mol. The number of rotatable bonds is 9. The molecule has 174 valence electrons. The summed E-state index contributed by atoms with van der Waals surface area (Å²) in [4.78, 5) is 24.2. The van der Waals surface area contributed by atoms with E-state index in [2.05, 4.69) is 31.7 Å². The first-order valence-electron chi connectivity index (χ1n) is 11.6. The molecule has 0 aliphatic rings. The minimum atomic E-state index is -0.843. The predicted octanol–water partition coefficient (Wildman–Crippen LogP) is 4.40. The smallest absolute Gasteiger partial charge is 0.240 e. The lowest BCUT2D eigenvalue weighted by molar-refractivity contribution is -0.127. The Morgan fingerprint density at radius 1 is 1.12 bits per heavy atom. The Labute approximate surface area is 198 Å². The fourth-order valence-electron chi connectivity index (χ4n) is 4.42. The highest BCUT2D eigenvalue weighted by Gasteiger charge is 2.34. The lowest BCUT2D eigenvalue weighted by Gasteiger charge is -2.29. The fourth-order valence-corrected chi connectivity index (χ4v) is 4.42. The number of imidazole rings is 1. The molecule has 7 nitrogen and oxygen atoms in total. The number of aromatic nitrogens is 3. The van der Waals surface area contributed by atoms with Gasteiger partial charge in [-0.2, -0.15) is 0 Å². The molecule has 3 heterocycles. The van der Waals surface area contributed by atoms with Gasteiger partial charge in [-0.05, 0) is 37.6 Å². The van der Waals surface area contributed by atoms with Crippen molar-refractivity contribution < 1.29 is 9.21 Å². The van der Waals surface area contributed by atoms with Gasteiger partial charge in [-0.1, -0.05) is 36.4 Å². The number of furan rings is 1. The third-order valence-corrected chi connectivity index (χ3v) is 6.43. The maximum atomic E-state index is 13.5. The van der Waals surface area contributed by atoms with Crippen molar-refractivity contribution in [2.24, 2.45) is 0 Å². The number of para-hydroxylation sites is 2. The van der Waals surface area contributed by atoms with E-state index in [4.69, 9.17) is 4.42 Å². The standard InChI is InChI=1S/C27H29N5O2/c1-18-23(31-17-30-18)11-12-28-26(33)27(2,14-20-15-29-24-9-5-4-8-22(20)24)32-16-21-13-19-7-3-6-10-25(19)34-21/h3-10,13,15,17,29,32H,11-12,14,16H2,1-2H3,(H,28,33)(H,30,31). The van der Waals surface area contributed by atoms with E-state index in [0.29, 0.717) is 25.9 Å². The predicted molar refractivity (Wildman–Crippen MR) is 133 cm³/mol. The van der Waals surface area contributed by atoms with Crippen molar-refractivity contribution in [3.05, 3.63) is 89.8 Å². The van der Waals surface area contributed by atoms with Gasteiger partial charge in [-0.15, -0.1) is 0 Å². The van der Waals surface area contributed by atoms with Crippen LogP contribution >= 0.6 is 0 Å². The van der Waals surface area contributed by atoms with Gasteiger partial charge in [0.1, 0.15) is 11.3 Å². The van der Waals surface area contributed by atoms with Crippen LogP contribution in [0.4, 0.5) is 0 Å². The summed E-state index contributed by atoms with van der Waals surface area (Å²) in [5, 5.41) is 8.78. The number of hydrogen-bond acceptors (Lipinski definition) is 4. The van der Waals surface area contributed by atoms with Crippen molar-refractivity contribution >= 4 is 27.8 Å². The number of aromatic amines is 2. The molecular formula is C27H29N5O2. The van der Waals surface area contributed by atoms with Crippen LogP contribution in [-0.2, 0) is 24.2 Å². The van der Waals surface area contributed by atoms with Gasteiger partial charge < -0.3 is 19.7 Å². The zero-order valence-corrected chi connectivity index (χ0v) is 19.4. The van der Waals surface area contributed by atoms with Crippen molar-refractivity contribution in [2.75, 3.05) is 6.54 Å². The second kappa shape index (κ2) is 9.19. The van der Waals surface area contributed by atoms with Gasteiger partial charge >= 0.3 is 0 Å².